The minimum Gasteiger partial charge on any atom is -0.467 e. The molecule has 0 bridgehead atoms. The zero-order valence-electron chi connectivity index (χ0n) is 10.1. The van der Waals surface area contributed by atoms with Crippen LogP contribution in [0.5, 0.6) is 6.01 Å². The predicted octanol–water partition coefficient (Wildman–Crippen LogP) is 1.93. The highest BCUT2D eigenvalue weighted by Crippen LogP contribution is 2.18. The first kappa shape index (κ1) is 13.2. The first-order chi connectivity index (χ1) is 7.58. The Balaban J connectivity index is 2.86. The predicted molar refractivity (Wildman–Crippen MR) is 65.0 cm³/mol. The van der Waals surface area contributed by atoms with Crippen LogP contribution in [0.2, 0.25) is 5.02 Å². The van der Waals surface area contributed by atoms with Crippen LogP contribution in [0.4, 0.5) is 0 Å². The summed E-state index contributed by atoms with van der Waals surface area (Å²) in [6, 6.07) is 0.704. The second-order valence-electron chi connectivity index (χ2n) is 3.99. The fourth-order valence-electron chi connectivity index (χ4n) is 1.51. The molecule has 0 aliphatic carbocycles. The van der Waals surface area contributed by atoms with E-state index in [0.29, 0.717) is 23.0 Å². The van der Waals surface area contributed by atoms with Crippen molar-refractivity contribution in [2.45, 2.75) is 26.3 Å². The number of hydrogen-bond donors (Lipinski definition) is 1. The Kier molecular flexibility index (Phi) is 4.96. The van der Waals surface area contributed by atoms with Crippen LogP contribution in [-0.4, -0.2) is 30.2 Å². The van der Waals surface area contributed by atoms with Gasteiger partial charge in [-0.2, -0.15) is 4.98 Å². The molecule has 0 aliphatic rings. The number of ether oxygens (including phenoxy) is 1. The molecule has 16 heavy (non-hydrogen) atoms. The Morgan fingerprint density at radius 1 is 1.50 bits per heavy atom. The fraction of sp³-hybridized carbons (Fsp3) is 0.636. The van der Waals surface area contributed by atoms with E-state index in [0.717, 1.165) is 12.1 Å². The molecule has 1 unspecified atom stereocenters. The van der Waals surface area contributed by atoms with Gasteiger partial charge >= 0.3 is 6.01 Å². The summed E-state index contributed by atoms with van der Waals surface area (Å²) in [4.78, 5) is 8.21. The van der Waals surface area contributed by atoms with E-state index in [2.05, 4.69) is 29.1 Å². The summed E-state index contributed by atoms with van der Waals surface area (Å²) < 4.78 is 4.98. The molecule has 0 aliphatic heterocycles. The molecule has 0 aromatic carbocycles. The molecule has 5 heteroatoms. The maximum atomic E-state index is 6.05. The van der Waals surface area contributed by atoms with E-state index >= 15 is 0 Å². The summed E-state index contributed by atoms with van der Waals surface area (Å²) in [7, 11) is 3.49. The summed E-state index contributed by atoms with van der Waals surface area (Å²) in [6.07, 6.45) is 2.35. The third-order valence-corrected chi connectivity index (χ3v) is 2.88. The van der Waals surface area contributed by atoms with Gasteiger partial charge in [-0.05, 0) is 13.0 Å². The minimum absolute atomic E-state index is 0.345. The molecule has 1 rings (SSSR count). The Morgan fingerprint density at radius 3 is 2.69 bits per heavy atom. The zero-order valence-corrected chi connectivity index (χ0v) is 10.9. The summed E-state index contributed by atoms with van der Waals surface area (Å²) >= 11 is 6.05. The van der Waals surface area contributed by atoms with Crippen LogP contribution in [0.1, 0.15) is 19.5 Å². The van der Waals surface area contributed by atoms with Crippen LogP contribution in [0.25, 0.3) is 0 Å². The van der Waals surface area contributed by atoms with Gasteiger partial charge in [0.05, 0.1) is 24.0 Å². The smallest absolute Gasteiger partial charge is 0.316 e. The number of rotatable bonds is 5. The summed E-state index contributed by atoms with van der Waals surface area (Å²) in [5, 5.41) is 3.84. The zero-order chi connectivity index (χ0) is 12.1. The molecule has 4 nitrogen and oxygen atoms in total. The molecule has 0 spiro atoms. The lowest BCUT2D eigenvalue weighted by Gasteiger charge is -2.20. The van der Waals surface area contributed by atoms with Gasteiger partial charge in [-0.15, -0.1) is 0 Å². The van der Waals surface area contributed by atoms with Crippen LogP contribution < -0.4 is 10.1 Å². The Morgan fingerprint density at radius 2 is 2.19 bits per heavy atom. The lowest BCUT2D eigenvalue weighted by Crippen LogP contribution is -2.33. The molecular formula is C11H18ClN3O. The summed E-state index contributed by atoms with van der Waals surface area (Å²) in [5.41, 5.74) is 0.821. The molecule has 1 aromatic rings. The number of aromatic nitrogens is 2. The first-order valence-corrected chi connectivity index (χ1v) is 5.69. The van der Waals surface area contributed by atoms with E-state index in [1.165, 1.54) is 0 Å². The molecular weight excluding hydrogens is 226 g/mol. The SMILES string of the molecule is CNC(Cc1nc(OC)ncc1Cl)C(C)C. The molecule has 1 aromatic heterocycles. The van der Waals surface area contributed by atoms with Gasteiger partial charge in [0.15, 0.2) is 0 Å². The Bertz CT molecular complexity index is 344. The van der Waals surface area contributed by atoms with Gasteiger partial charge in [-0.3, -0.25) is 0 Å². The first-order valence-electron chi connectivity index (χ1n) is 5.31. The maximum Gasteiger partial charge on any atom is 0.316 e. The van der Waals surface area contributed by atoms with Crippen molar-refractivity contribution in [1.29, 1.82) is 0 Å². The van der Waals surface area contributed by atoms with E-state index < -0.39 is 0 Å². The number of methoxy groups -OCH3 is 1. The van der Waals surface area contributed by atoms with Crippen molar-refractivity contribution in [2.24, 2.45) is 5.92 Å². The normalized spacial score (nSPS) is 12.9. The van der Waals surface area contributed by atoms with Crippen molar-refractivity contribution in [3.8, 4) is 6.01 Å². The highest BCUT2D eigenvalue weighted by molar-refractivity contribution is 6.31. The van der Waals surface area contributed by atoms with E-state index in [9.17, 15) is 0 Å². The maximum absolute atomic E-state index is 6.05. The number of halogens is 1. The molecule has 1 atom stereocenters. The third kappa shape index (κ3) is 3.32. The molecule has 0 radical (unpaired) electrons. The highest BCUT2D eigenvalue weighted by atomic mass is 35.5. The van der Waals surface area contributed by atoms with Crippen molar-refractivity contribution in [1.82, 2.24) is 15.3 Å². The van der Waals surface area contributed by atoms with E-state index in [1.807, 2.05) is 7.05 Å². The summed E-state index contributed by atoms with van der Waals surface area (Å²) in [6.45, 7) is 4.32. The number of likely N-dealkylation sites (N-methyl/N-ethyl adjacent to an activating group) is 1. The van der Waals surface area contributed by atoms with Crippen LogP contribution >= 0.6 is 11.6 Å². The lowest BCUT2D eigenvalue weighted by atomic mass is 9.99. The minimum atomic E-state index is 0.345. The average molecular weight is 244 g/mol. The van der Waals surface area contributed by atoms with Gasteiger partial charge in [-0.1, -0.05) is 25.4 Å². The van der Waals surface area contributed by atoms with E-state index in [1.54, 1.807) is 13.3 Å². The molecule has 1 heterocycles. The van der Waals surface area contributed by atoms with E-state index in [4.69, 9.17) is 16.3 Å². The monoisotopic (exact) mass is 243 g/mol. The second-order valence-corrected chi connectivity index (χ2v) is 4.40. The van der Waals surface area contributed by atoms with Gasteiger partial charge in [0, 0.05) is 12.5 Å². The number of nitrogens with one attached hydrogen (secondary N) is 1. The van der Waals surface area contributed by atoms with Crippen LogP contribution in [0, 0.1) is 5.92 Å². The lowest BCUT2D eigenvalue weighted by molar-refractivity contribution is 0.373. The molecule has 90 valence electrons. The van der Waals surface area contributed by atoms with Gasteiger partial charge < -0.3 is 10.1 Å². The number of hydrogen-bond acceptors (Lipinski definition) is 4. The van der Waals surface area contributed by atoms with Crippen LogP contribution in [0.3, 0.4) is 0 Å². The highest BCUT2D eigenvalue weighted by Gasteiger charge is 2.15. The van der Waals surface area contributed by atoms with Crippen LogP contribution in [0.15, 0.2) is 6.20 Å². The molecule has 0 fully saturated rings. The molecule has 1 N–H and O–H groups in total. The molecule has 0 saturated heterocycles. The molecule has 0 amide bonds. The van der Waals surface area contributed by atoms with Gasteiger partial charge in [0.2, 0.25) is 0 Å². The van der Waals surface area contributed by atoms with Gasteiger partial charge in [0.25, 0.3) is 0 Å². The second kappa shape index (κ2) is 6.01. The number of nitrogens with zero attached hydrogens (tertiary/aromatic N) is 2. The Hall–Kier alpha value is -0.870. The average Bonchev–Trinajstić information content (AvgIpc) is 2.27. The van der Waals surface area contributed by atoms with Crippen LogP contribution in [-0.2, 0) is 6.42 Å². The Labute approximate surface area is 101 Å². The van der Waals surface area contributed by atoms with E-state index in [-0.39, 0.29) is 0 Å². The molecule has 0 saturated carbocycles. The summed E-state index contributed by atoms with van der Waals surface area (Å²) in [5.74, 6) is 0.516. The van der Waals surface area contributed by atoms with Crippen molar-refractivity contribution in [3.05, 3.63) is 16.9 Å². The van der Waals surface area contributed by atoms with Crippen molar-refractivity contribution < 1.29 is 4.74 Å². The van der Waals surface area contributed by atoms with Crippen molar-refractivity contribution in [3.63, 3.8) is 0 Å². The largest absolute Gasteiger partial charge is 0.467 e. The third-order valence-electron chi connectivity index (χ3n) is 2.57. The standard InChI is InChI=1S/C11H18ClN3O/c1-7(2)9(13-3)5-10-8(12)6-14-11(15-10)16-4/h6-7,9,13H,5H2,1-4H3. The quantitative estimate of drug-likeness (QED) is 0.859. The fourth-order valence-corrected chi connectivity index (χ4v) is 1.67. The van der Waals surface area contributed by atoms with Gasteiger partial charge in [0.1, 0.15) is 0 Å². The topological polar surface area (TPSA) is 47.0 Å². The van der Waals surface area contributed by atoms with Crippen molar-refractivity contribution >= 4 is 11.6 Å². The van der Waals surface area contributed by atoms with Crippen molar-refractivity contribution in [2.75, 3.05) is 14.2 Å². The van der Waals surface area contributed by atoms with Gasteiger partial charge in [-0.25, -0.2) is 4.98 Å².